The summed E-state index contributed by atoms with van der Waals surface area (Å²) in [7, 11) is 0. The average Bonchev–Trinajstić information content (AvgIpc) is 3.55. The number of para-hydroxylation sites is 1. The van der Waals surface area contributed by atoms with Gasteiger partial charge in [0.25, 0.3) is 5.91 Å². The van der Waals surface area contributed by atoms with E-state index >= 15 is 0 Å². The standard InChI is InChI=1S/C28H20Cl2N2O4/c1-16-6-5-9-19(14-16)31-27(33)24-25(32(36-26(24)28(31)34)18-7-3-2-4-8-18)23-13-12-22(35-23)20-11-10-17(29)15-21(20)30/h2-15,24-26H,1H3. The molecule has 3 atom stereocenters. The van der Waals surface area contributed by atoms with E-state index in [0.29, 0.717) is 38.5 Å². The highest BCUT2D eigenvalue weighted by atomic mass is 35.5. The molecule has 3 aromatic carbocycles. The number of carbonyl (C=O) groups excluding carboxylic acids is 2. The van der Waals surface area contributed by atoms with Crippen LogP contribution >= 0.6 is 23.2 Å². The molecule has 0 aliphatic carbocycles. The second kappa shape index (κ2) is 8.82. The lowest BCUT2D eigenvalue weighted by atomic mass is 9.94. The maximum atomic E-state index is 13.8. The van der Waals surface area contributed by atoms with Crippen molar-refractivity contribution >= 4 is 46.4 Å². The van der Waals surface area contributed by atoms with Gasteiger partial charge >= 0.3 is 0 Å². The van der Waals surface area contributed by atoms with Gasteiger partial charge in [-0.05, 0) is 67.1 Å². The van der Waals surface area contributed by atoms with Crippen LogP contribution in [-0.4, -0.2) is 17.9 Å². The molecule has 2 aliphatic heterocycles. The number of hydroxylamine groups is 1. The molecule has 1 aromatic heterocycles. The Morgan fingerprint density at radius 3 is 2.33 bits per heavy atom. The number of benzene rings is 3. The summed E-state index contributed by atoms with van der Waals surface area (Å²) in [6.07, 6.45) is -0.976. The number of imide groups is 1. The molecule has 2 saturated heterocycles. The van der Waals surface area contributed by atoms with Crippen LogP contribution in [0.3, 0.4) is 0 Å². The number of halogens is 2. The van der Waals surface area contributed by atoms with Crippen molar-refractivity contribution in [1.29, 1.82) is 0 Å². The molecule has 4 aromatic rings. The van der Waals surface area contributed by atoms with Crippen LogP contribution in [0, 0.1) is 12.8 Å². The summed E-state index contributed by atoms with van der Waals surface area (Å²) in [5, 5.41) is 2.57. The molecule has 3 heterocycles. The monoisotopic (exact) mass is 518 g/mol. The van der Waals surface area contributed by atoms with Crippen molar-refractivity contribution in [2.75, 3.05) is 9.96 Å². The Hall–Kier alpha value is -3.58. The van der Waals surface area contributed by atoms with Crippen LogP contribution in [0.5, 0.6) is 0 Å². The maximum absolute atomic E-state index is 13.8. The number of fused-ring (bicyclic) bond motifs is 1. The second-order valence-corrected chi connectivity index (χ2v) is 9.68. The number of rotatable bonds is 4. The van der Waals surface area contributed by atoms with Gasteiger partial charge in [0.2, 0.25) is 5.91 Å². The molecule has 0 N–H and O–H groups in total. The van der Waals surface area contributed by atoms with Gasteiger partial charge in [-0.15, -0.1) is 0 Å². The first-order chi connectivity index (χ1) is 17.4. The Kier molecular flexibility index (Phi) is 5.60. The van der Waals surface area contributed by atoms with Gasteiger partial charge in [0.15, 0.2) is 6.10 Å². The number of hydrogen-bond donors (Lipinski definition) is 0. The van der Waals surface area contributed by atoms with E-state index in [1.807, 2.05) is 55.5 Å². The van der Waals surface area contributed by atoms with Crippen LogP contribution in [0.15, 0.2) is 89.3 Å². The number of furan rings is 1. The summed E-state index contributed by atoms with van der Waals surface area (Å²) in [6.45, 7) is 1.91. The van der Waals surface area contributed by atoms with E-state index in [9.17, 15) is 9.59 Å². The lowest BCUT2D eigenvalue weighted by Gasteiger charge is -2.27. The molecular formula is C28H20Cl2N2O4. The van der Waals surface area contributed by atoms with Crippen LogP contribution in [0.25, 0.3) is 11.3 Å². The van der Waals surface area contributed by atoms with Crippen LogP contribution in [-0.2, 0) is 14.4 Å². The van der Waals surface area contributed by atoms with E-state index in [2.05, 4.69) is 0 Å². The molecule has 6 nitrogen and oxygen atoms in total. The molecular weight excluding hydrogens is 499 g/mol. The van der Waals surface area contributed by atoms with Crippen molar-refractivity contribution in [3.63, 3.8) is 0 Å². The summed E-state index contributed by atoms with van der Waals surface area (Å²) < 4.78 is 6.25. The summed E-state index contributed by atoms with van der Waals surface area (Å²) in [5.41, 5.74) is 2.86. The first-order valence-electron chi connectivity index (χ1n) is 11.4. The van der Waals surface area contributed by atoms with Crippen LogP contribution < -0.4 is 9.96 Å². The van der Waals surface area contributed by atoms with Crippen molar-refractivity contribution in [1.82, 2.24) is 0 Å². The molecule has 36 heavy (non-hydrogen) atoms. The average molecular weight is 519 g/mol. The number of anilines is 2. The first-order valence-corrected chi connectivity index (χ1v) is 12.2. The van der Waals surface area contributed by atoms with Crippen molar-refractivity contribution in [3.8, 4) is 11.3 Å². The van der Waals surface area contributed by atoms with Crippen LogP contribution in [0.2, 0.25) is 10.0 Å². The smallest absolute Gasteiger partial charge is 0.266 e. The summed E-state index contributed by atoms with van der Waals surface area (Å²) in [6, 6.07) is 24.7. The van der Waals surface area contributed by atoms with Crippen molar-refractivity contribution in [2.45, 2.75) is 19.1 Å². The Balaban J connectivity index is 1.43. The minimum atomic E-state index is -0.976. The largest absolute Gasteiger partial charge is 0.459 e. The number of hydrogen-bond acceptors (Lipinski definition) is 5. The molecule has 6 rings (SSSR count). The van der Waals surface area contributed by atoms with Gasteiger partial charge in [-0.2, -0.15) is 0 Å². The molecule has 3 unspecified atom stereocenters. The highest BCUT2D eigenvalue weighted by Crippen LogP contribution is 2.48. The van der Waals surface area contributed by atoms with E-state index in [1.54, 1.807) is 41.5 Å². The van der Waals surface area contributed by atoms with E-state index in [1.165, 1.54) is 4.90 Å². The fraction of sp³-hybridized carbons (Fsp3) is 0.143. The Morgan fingerprint density at radius 2 is 1.58 bits per heavy atom. The normalized spacial score (nSPS) is 21.4. The number of amides is 2. The third-order valence-electron chi connectivity index (χ3n) is 6.50. The highest BCUT2D eigenvalue weighted by Gasteiger charge is 2.61. The van der Waals surface area contributed by atoms with Gasteiger partial charge in [0, 0.05) is 10.6 Å². The fourth-order valence-corrected chi connectivity index (χ4v) is 5.37. The molecule has 0 saturated carbocycles. The minimum absolute atomic E-state index is 0.332. The van der Waals surface area contributed by atoms with E-state index in [-0.39, 0.29) is 5.91 Å². The summed E-state index contributed by atoms with van der Waals surface area (Å²) in [5.74, 6) is -0.513. The lowest BCUT2D eigenvalue weighted by Crippen LogP contribution is -2.37. The SMILES string of the molecule is Cc1cccc(N2C(=O)C3ON(c4ccccc4)C(c4ccc(-c5ccc(Cl)cc5Cl)o4)C3C2=O)c1. The Bertz CT molecular complexity index is 1490. The zero-order chi connectivity index (χ0) is 25.0. The van der Waals surface area contributed by atoms with Crippen molar-refractivity contribution in [3.05, 3.63) is 106 Å². The molecule has 2 fully saturated rings. The van der Waals surface area contributed by atoms with Gasteiger partial charge in [-0.3, -0.25) is 14.4 Å². The lowest BCUT2D eigenvalue weighted by molar-refractivity contribution is -0.126. The molecule has 8 heteroatoms. The van der Waals surface area contributed by atoms with E-state index in [0.717, 1.165) is 5.56 Å². The third kappa shape index (κ3) is 3.69. The highest BCUT2D eigenvalue weighted by molar-refractivity contribution is 6.36. The van der Waals surface area contributed by atoms with Gasteiger partial charge in [-0.25, -0.2) is 9.96 Å². The van der Waals surface area contributed by atoms with Gasteiger partial charge in [0.05, 0.1) is 16.4 Å². The third-order valence-corrected chi connectivity index (χ3v) is 7.05. The zero-order valence-electron chi connectivity index (χ0n) is 19.1. The van der Waals surface area contributed by atoms with Crippen LogP contribution in [0.1, 0.15) is 17.4 Å². The summed E-state index contributed by atoms with van der Waals surface area (Å²) in [4.78, 5) is 34.6. The molecule has 0 radical (unpaired) electrons. The predicted molar refractivity (Wildman–Crippen MR) is 138 cm³/mol. The quantitative estimate of drug-likeness (QED) is 0.284. The molecule has 0 spiro atoms. The summed E-state index contributed by atoms with van der Waals surface area (Å²) >= 11 is 12.5. The van der Waals surface area contributed by atoms with Crippen molar-refractivity contribution in [2.24, 2.45) is 5.92 Å². The number of nitrogens with zero attached hydrogens (tertiary/aromatic N) is 2. The maximum Gasteiger partial charge on any atom is 0.266 e. The molecule has 180 valence electrons. The Morgan fingerprint density at radius 1 is 0.806 bits per heavy atom. The second-order valence-electron chi connectivity index (χ2n) is 8.84. The molecule has 2 aliphatic rings. The molecule has 0 bridgehead atoms. The number of carbonyl (C=O) groups is 2. The zero-order valence-corrected chi connectivity index (χ0v) is 20.6. The van der Waals surface area contributed by atoms with E-state index in [4.69, 9.17) is 32.5 Å². The fourth-order valence-electron chi connectivity index (χ4n) is 4.87. The van der Waals surface area contributed by atoms with Crippen LogP contribution in [0.4, 0.5) is 11.4 Å². The predicted octanol–water partition coefficient (Wildman–Crippen LogP) is 6.61. The minimum Gasteiger partial charge on any atom is -0.459 e. The Labute approximate surface area is 217 Å². The van der Waals surface area contributed by atoms with Gasteiger partial charge in [-0.1, -0.05) is 53.5 Å². The van der Waals surface area contributed by atoms with Crippen molar-refractivity contribution < 1.29 is 18.8 Å². The first kappa shape index (κ1) is 22.9. The topological polar surface area (TPSA) is 63.0 Å². The van der Waals surface area contributed by atoms with Gasteiger partial charge in [0.1, 0.15) is 23.5 Å². The number of aryl methyl sites for hydroxylation is 1. The van der Waals surface area contributed by atoms with Gasteiger partial charge < -0.3 is 4.42 Å². The molecule has 2 amide bonds. The van der Waals surface area contributed by atoms with E-state index < -0.39 is 24.0 Å².